The van der Waals surface area contributed by atoms with Crippen molar-refractivity contribution in [2.75, 3.05) is 0 Å². The summed E-state index contributed by atoms with van der Waals surface area (Å²) in [7, 11) is 0. The van der Waals surface area contributed by atoms with Crippen molar-refractivity contribution in [3.63, 3.8) is 0 Å². The maximum atomic E-state index is 12.0. The van der Waals surface area contributed by atoms with Crippen molar-refractivity contribution in [1.29, 1.82) is 0 Å². The lowest BCUT2D eigenvalue weighted by atomic mass is 10.1. The third-order valence-electron chi connectivity index (χ3n) is 4.32. The average Bonchev–Trinajstić information content (AvgIpc) is 2.72. The molecule has 0 aliphatic heterocycles. The minimum absolute atomic E-state index is 0.129. The second kappa shape index (κ2) is 9.89. The van der Waals surface area contributed by atoms with Crippen LogP contribution in [0.4, 0.5) is 0 Å². The molecule has 0 aromatic heterocycles. The van der Waals surface area contributed by atoms with Crippen LogP contribution < -0.4 is 9.47 Å². The Morgan fingerprint density at radius 1 is 0.759 bits per heavy atom. The third-order valence-corrected chi connectivity index (χ3v) is 4.74. The van der Waals surface area contributed by atoms with Crippen molar-refractivity contribution in [3.05, 3.63) is 83.4 Å². The number of halogens is 1. The summed E-state index contributed by atoms with van der Waals surface area (Å²) in [5, 5.41) is 0.615. The first-order valence-electron chi connectivity index (χ1n) is 9.34. The Labute approximate surface area is 175 Å². The van der Waals surface area contributed by atoms with Gasteiger partial charge in [0.15, 0.2) is 0 Å². The molecule has 0 atom stereocenters. The minimum Gasteiger partial charge on any atom is -0.427 e. The minimum atomic E-state index is -0.397. The monoisotopic (exact) mass is 408 g/mol. The summed E-state index contributed by atoms with van der Waals surface area (Å²) < 4.78 is 10.6. The number of aryl methyl sites for hydroxylation is 1. The van der Waals surface area contributed by atoms with Crippen molar-refractivity contribution in [2.45, 2.75) is 26.2 Å². The summed E-state index contributed by atoms with van der Waals surface area (Å²) in [6.45, 7) is 1.84. The van der Waals surface area contributed by atoms with Gasteiger partial charge in [0.1, 0.15) is 11.5 Å². The van der Waals surface area contributed by atoms with Crippen LogP contribution in [0.1, 0.15) is 24.8 Å². The van der Waals surface area contributed by atoms with E-state index in [4.69, 9.17) is 21.1 Å². The maximum Gasteiger partial charge on any atom is 0.311 e. The van der Waals surface area contributed by atoms with Gasteiger partial charge in [0.25, 0.3) is 0 Å². The zero-order valence-electron chi connectivity index (χ0n) is 16.1. The second-order valence-electron chi connectivity index (χ2n) is 6.60. The fourth-order valence-electron chi connectivity index (χ4n) is 2.77. The predicted molar refractivity (Wildman–Crippen MR) is 113 cm³/mol. The molecule has 0 N–H and O–H groups in total. The number of hydrogen-bond acceptors (Lipinski definition) is 4. The molecule has 0 saturated heterocycles. The largest absolute Gasteiger partial charge is 0.427 e. The van der Waals surface area contributed by atoms with Gasteiger partial charge >= 0.3 is 11.9 Å². The summed E-state index contributed by atoms with van der Waals surface area (Å²) in [6, 6.07) is 22.3. The molecular weight excluding hydrogens is 388 g/mol. The Balaban J connectivity index is 1.42. The lowest BCUT2D eigenvalue weighted by Gasteiger charge is -2.07. The number of benzene rings is 3. The van der Waals surface area contributed by atoms with Gasteiger partial charge in [-0.3, -0.25) is 9.59 Å². The van der Waals surface area contributed by atoms with Crippen molar-refractivity contribution in [1.82, 2.24) is 0 Å². The molecule has 0 aliphatic carbocycles. The normalized spacial score (nSPS) is 10.4. The number of rotatable bonds is 7. The van der Waals surface area contributed by atoms with Crippen LogP contribution in [-0.2, 0) is 9.59 Å². The molecular formula is C24H21ClO4. The molecule has 3 aromatic rings. The molecule has 0 amide bonds. The van der Waals surface area contributed by atoms with E-state index in [0.717, 1.165) is 16.7 Å². The summed E-state index contributed by atoms with van der Waals surface area (Å²) in [5.74, 6) is 0.145. The highest BCUT2D eigenvalue weighted by Crippen LogP contribution is 2.23. The van der Waals surface area contributed by atoms with Gasteiger partial charge in [-0.25, -0.2) is 0 Å². The van der Waals surface area contributed by atoms with Gasteiger partial charge in [-0.1, -0.05) is 54.1 Å². The summed E-state index contributed by atoms with van der Waals surface area (Å²) >= 11 is 5.95. The number of carbonyl (C=O) groups is 2. The number of carbonyl (C=O) groups excluding carboxylic acids is 2. The number of esters is 2. The highest BCUT2D eigenvalue weighted by Gasteiger charge is 2.10. The van der Waals surface area contributed by atoms with Crippen molar-refractivity contribution in [2.24, 2.45) is 0 Å². The molecule has 0 aliphatic rings. The van der Waals surface area contributed by atoms with Gasteiger partial charge in [-0.15, -0.1) is 0 Å². The fraction of sp³-hybridized carbons (Fsp3) is 0.167. The topological polar surface area (TPSA) is 52.6 Å². The van der Waals surface area contributed by atoms with Gasteiger partial charge in [-0.2, -0.15) is 0 Å². The van der Waals surface area contributed by atoms with Crippen LogP contribution in [0.2, 0.25) is 5.02 Å². The predicted octanol–water partition coefficient (Wildman–Crippen LogP) is 6.00. The molecule has 148 valence electrons. The highest BCUT2D eigenvalue weighted by atomic mass is 35.5. The molecule has 0 heterocycles. The molecule has 4 nitrogen and oxygen atoms in total. The zero-order chi connectivity index (χ0) is 20.6. The molecule has 0 saturated carbocycles. The van der Waals surface area contributed by atoms with E-state index in [9.17, 15) is 9.59 Å². The van der Waals surface area contributed by atoms with E-state index in [1.807, 2.05) is 49.4 Å². The molecule has 0 unspecified atom stereocenters. The lowest BCUT2D eigenvalue weighted by Crippen LogP contribution is -2.11. The Morgan fingerprint density at radius 3 is 1.93 bits per heavy atom. The quantitative estimate of drug-likeness (QED) is 0.355. The van der Waals surface area contributed by atoms with Gasteiger partial charge in [0.05, 0.1) is 0 Å². The third kappa shape index (κ3) is 6.19. The van der Waals surface area contributed by atoms with E-state index in [1.165, 1.54) is 0 Å². The van der Waals surface area contributed by atoms with E-state index >= 15 is 0 Å². The van der Waals surface area contributed by atoms with Gasteiger partial charge in [-0.05, 0) is 60.4 Å². The summed E-state index contributed by atoms with van der Waals surface area (Å²) in [6.07, 6.45) is 0.616. The van der Waals surface area contributed by atoms with Crippen LogP contribution in [-0.4, -0.2) is 11.9 Å². The second-order valence-corrected chi connectivity index (χ2v) is 7.01. The molecule has 0 radical (unpaired) electrons. The van der Waals surface area contributed by atoms with Crippen LogP contribution in [0.15, 0.2) is 72.8 Å². The molecule has 0 spiro atoms. The van der Waals surface area contributed by atoms with Gasteiger partial charge in [0.2, 0.25) is 0 Å². The number of ether oxygens (including phenoxy) is 2. The standard InChI is InChI=1S/C24H21ClO4/c1-17-16-21(14-15-22(17)25)29-24(27)9-5-8-23(26)28-20-12-10-19(11-13-20)18-6-3-2-4-7-18/h2-4,6-7,10-16H,5,8-9H2,1H3. The van der Waals surface area contributed by atoms with Gasteiger partial charge in [0, 0.05) is 17.9 Å². The SMILES string of the molecule is Cc1cc(OC(=O)CCCC(=O)Oc2ccc(-c3ccccc3)cc2)ccc1Cl. The Kier molecular flexibility index (Phi) is 7.04. The van der Waals surface area contributed by atoms with Crippen molar-refractivity contribution >= 4 is 23.5 Å². The first-order valence-corrected chi connectivity index (χ1v) is 9.72. The number of hydrogen-bond donors (Lipinski definition) is 0. The Morgan fingerprint density at radius 2 is 1.31 bits per heavy atom. The smallest absolute Gasteiger partial charge is 0.311 e. The van der Waals surface area contributed by atoms with Crippen LogP contribution in [0.25, 0.3) is 11.1 Å². The van der Waals surface area contributed by atoms with Gasteiger partial charge < -0.3 is 9.47 Å². The average molecular weight is 409 g/mol. The highest BCUT2D eigenvalue weighted by molar-refractivity contribution is 6.31. The first kappa shape index (κ1) is 20.6. The van der Waals surface area contributed by atoms with E-state index in [0.29, 0.717) is 22.9 Å². The first-order chi connectivity index (χ1) is 14.0. The zero-order valence-corrected chi connectivity index (χ0v) is 16.8. The summed E-state index contributed by atoms with van der Waals surface area (Å²) in [4.78, 5) is 23.9. The Bertz CT molecular complexity index is 982. The fourth-order valence-corrected chi connectivity index (χ4v) is 2.89. The molecule has 0 fully saturated rings. The maximum absolute atomic E-state index is 12.0. The van der Waals surface area contributed by atoms with E-state index in [-0.39, 0.29) is 18.8 Å². The molecule has 3 aromatic carbocycles. The molecule has 3 rings (SSSR count). The van der Waals surface area contributed by atoms with Crippen LogP contribution in [0, 0.1) is 6.92 Å². The van der Waals surface area contributed by atoms with E-state index in [1.54, 1.807) is 30.3 Å². The molecule has 5 heteroatoms. The van der Waals surface area contributed by atoms with Crippen molar-refractivity contribution in [3.8, 4) is 22.6 Å². The van der Waals surface area contributed by atoms with E-state index in [2.05, 4.69) is 0 Å². The van der Waals surface area contributed by atoms with Crippen LogP contribution >= 0.6 is 11.6 Å². The summed E-state index contributed by atoms with van der Waals surface area (Å²) in [5.41, 5.74) is 2.98. The van der Waals surface area contributed by atoms with Crippen LogP contribution in [0.5, 0.6) is 11.5 Å². The Hall–Kier alpha value is -3.11. The molecule has 29 heavy (non-hydrogen) atoms. The van der Waals surface area contributed by atoms with E-state index < -0.39 is 5.97 Å². The van der Waals surface area contributed by atoms with Crippen molar-refractivity contribution < 1.29 is 19.1 Å². The molecule has 0 bridgehead atoms. The van der Waals surface area contributed by atoms with Crippen LogP contribution in [0.3, 0.4) is 0 Å². The lowest BCUT2D eigenvalue weighted by molar-refractivity contribution is -0.136.